The Hall–Kier alpha value is -0.0400. The molecular weight excluding hydrogens is 172 g/mol. The van der Waals surface area contributed by atoms with E-state index in [1.165, 1.54) is 32.1 Å². The number of hydrogen-bond acceptors (Lipinski definition) is 0. The molecule has 0 N–H and O–H groups in total. The van der Waals surface area contributed by atoms with Crippen molar-refractivity contribution >= 4 is 0 Å². The fraction of sp³-hybridized carbons (Fsp3) is 1.00. The van der Waals surface area contributed by atoms with Crippen molar-refractivity contribution in [3.05, 3.63) is 0 Å². The van der Waals surface area contributed by atoms with Crippen molar-refractivity contribution < 1.29 is 5.11 Å². The Morgan fingerprint density at radius 2 is 1.21 bits per heavy atom. The van der Waals surface area contributed by atoms with Gasteiger partial charge >= 0.3 is 0 Å². The third-order valence-corrected chi connectivity index (χ3v) is 2.76. The van der Waals surface area contributed by atoms with Crippen LogP contribution in [0.3, 0.4) is 0 Å². The van der Waals surface area contributed by atoms with E-state index in [0.717, 1.165) is 32.1 Å². The molecule has 0 fully saturated rings. The Morgan fingerprint density at radius 1 is 0.714 bits per heavy atom. The standard InChI is InChI=1S/C13H27O/c1-3-5-7-8-9-10-12-13(14)11-6-4-2/h13H,3-12H2,1-2H3. The fourth-order valence-electron chi connectivity index (χ4n) is 1.73. The Morgan fingerprint density at radius 3 is 1.86 bits per heavy atom. The maximum absolute atomic E-state index is 11.4. The van der Waals surface area contributed by atoms with Crippen LogP contribution in [0.1, 0.15) is 78.1 Å². The summed E-state index contributed by atoms with van der Waals surface area (Å²) in [5.74, 6) is 0. The molecule has 0 aromatic carbocycles. The summed E-state index contributed by atoms with van der Waals surface area (Å²) < 4.78 is 0. The first kappa shape index (κ1) is 14.0. The zero-order chi connectivity index (χ0) is 10.6. The average molecular weight is 199 g/mol. The molecule has 0 aliphatic carbocycles. The SMILES string of the molecule is CCCCCCCCC([O])CCCC. The predicted molar refractivity (Wildman–Crippen MR) is 62.0 cm³/mol. The molecule has 0 aliphatic rings. The first-order valence-electron chi connectivity index (χ1n) is 6.47. The smallest absolute Gasteiger partial charge is 0.0930 e. The minimum atomic E-state index is -0.277. The molecule has 1 nitrogen and oxygen atoms in total. The second-order valence-electron chi connectivity index (χ2n) is 4.32. The van der Waals surface area contributed by atoms with Crippen LogP contribution in [0.5, 0.6) is 0 Å². The summed E-state index contributed by atoms with van der Waals surface area (Å²) in [6.45, 7) is 4.38. The van der Waals surface area contributed by atoms with Gasteiger partial charge < -0.3 is 0 Å². The minimum absolute atomic E-state index is 0.277. The predicted octanol–water partition coefficient (Wildman–Crippen LogP) is 4.73. The van der Waals surface area contributed by atoms with Crippen molar-refractivity contribution in [2.24, 2.45) is 0 Å². The van der Waals surface area contributed by atoms with Crippen molar-refractivity contribution in [1.29, 1.82) is 0 Å². The molecule has 85 valence electrons. The van der Waals surface area contributed by atoms with Crippen LogP contribution in [0.25, 0.3) is 0 Å². The molecule has 0 saturated carbocycles. The molecule has 1 unspecified atom stereocenters. The molecule has 0 saturated heterocycles. The van der Waals surface area contributed by atoms with Crippen LogP contribution in [0.4, 0.5) is 0 Å². The highest BCUT2D eigenvalue weighted by Crippen LogP contribution is 2.12. The average Bonchev–Trinajstić information content (AvgIpc) is 2.20. The molecule has 0 amide bonds. The molecule has 1 heteroatoms. The lowest BCUT2D eigenvalue weighted by Gasteiger charge is -2.06. The summed E-state index contributed by atoms with van der Waals surface area (Å²) in [5, 5.41) is 11.4. The Balaban J connectivity index is 3.02. The van der Waals surface area contributed by atoms with E-state index in [0.29, 0.717) is 0 Å². The number of unbranched alkanes of at least 4 members (excludes halogenated alkanes) is 6. The quantitative estimate of drug-likeness (QED) is 0.453. The van der Waals surface area contributed by atoms with Crippen molar-refractivity contribution in [1.82, 2.24) is 0 Å². The van der Waals surface area contributed by atoms with Crippen molar-refractivity contribution in [3.63, 3.8) is 0 Å². The largest absolute Gasteiger partial charge is 0.233 e. The van der Waals surface area contributed by atoms with Gasteiger partial charge in [-0.25, -0.2) is 5.11 Å². The van der Waals surface area contributed by atoms with E-state index in [1.807, 2.05) is 0 Å². The van der Waals surface area contributed by atoms with Gasteiger partial charge in [0.15, 0.2) is 0 Å². The lowest BCUT2D eigenvalue weighted by atomic mass is 10.0. The molecule has 0 aromatic heterocycles. The van der Waals surface area contributed by atoms with Crippen LogP contribution in [0.2, 0.25) is 0 Å². The van der Waals surface area contributed by atoms with Gasteiger partial charge in [-0.05, 0) is 12.8 Å². The van der Waals surface area contributed by atoms with Gasteiger partial charge in [0.1, 0.15) is 0 Å². The van der Waals surface area contributed by atoms with Crippen LogP contribution in [0.15, 0.2) is 0 Å². The molecule has 0 heterocycles. The van der Waals surface area contributed by atoms with Crippen molar-refractivity contribution in [2.45, 2.75) is 84.2 Å². The molecule has 0 rings (SSSR count). The molecule has 0 bridgehead atoms. The molecule has 0 spiro atoms. The first-order chi connectivity index (χ1) is 6.81. The van der Waals surface area contributed by atoms with Gasteiger partial charge in [-0.2, -0.15) is 0 Å². The van der Waals surface area contributed by atoms with E-state index < -0.39 is 0 Å². The maximum Gasteiger partial charge on any atom is 0.0930 e. The van der Waals surface area contributed by atoms with Crippen molar-refractivity contribution in [2.75, 3.05) is 0 Å². The molecular formula is C13H27O. The van der Waals surface area contributed by atoms with Gasteiger partial charge in [-0.1, -0.05) is 65.2 Å². The summed E-state index contributed by atoms with van der Waals surface area (Å²) in [6.07, 6.45) is 11.6. The highest BCUT2D eigenvalue weighted by molar-refractivity contribution is 4.55. The van der Waals surface area contributed by atoms with E-state index in [1.54, 1.807) is 0 Å². The third kappa shape index (κ3) is 10.0. The second-order valence-corrected chi connectivity index (χ2v) is 4.32. The van der Waals surface area contributed by atoms with Gasteiger partial charge in [0.05, 0.1) is 6.10 Å². The highest BCUT2D eigenvalue weighted by atomic mass is 16.3. The molecule has 0 aromatic rings. The van der Waals surface area contributed by atoms with Crippen LogP contribution >= 0.6 is 0 Å². The normalized spacial score (nSPS) is 13.1. The van der Waals surface area contributed by atoms with E-state index >= 15 is 0 Å². The van der Waals surface area contributed by atoms with Crippen LogP contribution in [-0.4, -0.2) is 6.10 Å². The first-order valence-corrected chi connectivity index (χ1v) is 6.47. The summed E-state index contributed by atoms with van der Waals surface area (Å²) in [5.41, 5.74) is 0. The Kier molecular flexibility index (Phi) is 11.0. The fourth-order valence-corrected chi connectivity index (χ4v) is 1.73. The number of hydrogen-bond donors (Lipinski definition) is 0. The molecule has 1 atom stereocenters. The van der Waals surface area contributed by atoms with E-state index in [4.69, 9.17) is 0 Å². The summed E-state index contributed by atoms with van der Waals surface area (Å²) in [6, 6.07) is 0. The van der Waals surface area contributed by atoms with E-state index in [9.17, 15) is 5.11 Å². The van der Waals surface area contributed by atoms with Crippen LogP contribution in [-0.2, 0) is 5.11 Å². The van der Waals surface area contributed by atoms with Gasteiger partial charge in [0.25, 0.3) is 0 Å². The zero-order valence-corrected chi connectivity index (χ0v) is 10.1. The van der Waals surface area contributed by atoms with Gasteiger partial charge in [0, 0.05) is 0 Å². The topological polar surface area (TPSA) is 19.9 Å². The van der Waals surface area contributed by atoms with Gasteiger partial charge in [0.2, 0.25) is 0 Å². The minimum Gasteiger partial charge on any atom is -0.233 e. The highest BCUT2D eigenvalue weighted by Gasteiger charge is 2.04. The monoisotopic (exact) mass is 199 g/mol. The van der Waals surface area contributed by atoms with E-state index in [-0.39, 0.29) is 6.10 Å². The lowest BCUT2D eigenvalue weighted by Crippen LogP contribution is -2.03. The van der Waals surface area contributed by atoms with Crippen LogP contribution in [0, 0.1) is 0 Å². The zero-order valence-electron chi connectivity index (χ0n) is 10.1. The summed E-state index contributed by atoms with van der Waals surface area (Å²) in [4.78, 5) is 0. The molecule has 1 radical (unpaired) electrons. The number of rotatable bonds is 10. The molecule has 0 aliphatic heterocycles. The Labute approximate surface area is 89.9 Å². The summed E-state index contributed by atoms with van der Waals surface area (Å²) in [7, 11) is 0. The van der Waals surface area contributed by atoms with Gasteiger partial charge in [-0.3, -0.25) is 0 Å². The van der Waals surface area contributed by atoms with Gasteiger partial charge in [-0.15, -0.1) is 0 Å². The maximum atomic E-state index is 11.4. The van der Waals surface area contributed by atoms with Crippen LogP contribution < -0.4 is 0 Å². The second kappa shape index (κ2) is 11.0. The van der Waals surface area contributed by atoms with Crippen molar-refractivity contribution in [3.8, 4) is 0 Å². The third-order valence-electron chi connectivity index (χ3n) is 2.76. The lowest BCUT2D eigenvalue weighted by molar-refractivity contribution is 0.0693. The summed E-state index contributed by atoms with van der Waals surface area (Å²) >= 11 is 0. The molecule has 14 heavy (non-hydrogen) atoms. The Bertz CT molecular complexity index is 101. The van der Waals surface area contributed by atoms with E-state index in [2.05, 4.69) is 13.8 Å².